The van der Waals surface area contributed by atoms with Gasteiger partial charge in [-0.3, -0.25) is 4.79 Å². The van der Waals surface area contributed by atoms with Crippen molar-refractivity contribution in [2.24, 2.45) is 0 Å². The zero-order chi connectivity index (χ0) is 13.8. The van der Waals surface area contributed by atoms with Crippen LogP contribution >= 0.6 is 11.3 Å². The second-order valence-electron chi connectivity index (χ2n) is 3.67. The van der Waals surface area contributed by atoms with Crippen molar-refractivity contribution in [1.82, 2.24) is 4.72 Å². The topological polar surface area (TPSA) is 92.7 Å². The monoisotopic (exact) mass is 293 g/mol. The second-order valence-corrected chi connectivity index (χ2v) is 6.95. The number of nitrogens with one attached hydrogen (secondary N) is 1. The van der Waals surface area contributed by atoms with Crippen molar-refractivity contribution in [2.75, 3.05) is 13.7 Å². The van der Waals surface area contributed by atoms with Crippen LogP contribution in [0, 0.1) is 6.92 Å². The molecule has 1 aromatic heterocycles. The summed E-state index contributed by atoms with van der Waals surface area (Å²) in [6.45, 7) is 1.74. The number of ether oxygens (including phenoxy) is 1. The van der Waals surface area contributed by atoms with Crippen LogP contribution in [0.25, 0.3) is 0 Å². The Bertz CT molecular complexity index is 508. The van der Waals surface area contributed by atoms with Crippen LogP contribution in [0.3, 0.4) is 0 Å². The molecule has 8 heteroatoms. The van der Waals surface area contributed by atoms with E-state index in [1.807, 2.05) is 6.92 Å². The van der Waals surface area contributed by atoms with E-state index in [2.05, 4.69) is 4.72 Å². The number of thiophene rings is 1. The summed E-state index contributed by atoms with van der Waals surface area (Å²) in [5.41, 5.74) is 0. The Morgan fingerprint density at radius 3 is 2.67 bits per heavy atom. The fourth-order valence-electron chi connectivity index (χ4n) is 1.26. The highest BCUT2D eigenvalue weighted by Gasteiger charge is 2.19. The summed E-state index contributed by atoms with van der Waals surface area (Å²) in [6.07, 6.45) is -0.930. The van der Waals surface area contributed by atoms with Gasteiger partial charge in [0.05, 0.1) is 12.5 Å². The first-order chi connectivity index (χ1) is 8.35. The molecule has 0 bridgehead atoms. The Balaban J connectivity index is 2.64. The molecule has 0 spiro atoms. The number of aryl methyl sites for hydroxylation is 1. The Labute approximate surface area is 110 Å². The van der Waals surface area contributed by atoms with Gasteiger partial charge in [0.15, 0.2) is 0 Å². The van der Waals surface area contributed by atoms with Gasteiger partial charge in [0.1, 0.15) is 4.21 Å². The Kier molecular flexibility index (Phi) is 5.27. The van der Waals surface area contributed by atoms with E-state index in [1.54, 1.807) is 6.07 Å². The minimum Gasteiger partial charge on any atom is -0.481 e. The molecule has 0 saturated heterocycles. The maximum absolute atomic E-state index is 11.8. The number of methoxy groups -OCH3 is 1. The first-order valence-corrected chi connectivity index (χ1v) is 7.46. The fourth-order valence-corrected chi connectivity index (χ4v) is 3.66. The lowest BCUT2D eigenvalue weighted by Gasteiger charge is -2.13. The minimum atomic E-state index is -3.58. The van der Waals surface area contributed by atoms with Crippen LogP contribution in [0.15, 0.2) is 16.3 Å². The van der Waals surface area contributed by atoms with Gasteiger partial charge in [0.2, 0.25) is 10.0 Å². The molecule has 6 nitrogen and oxygen atoms in total. The molecule has 0 aromatic carbocycles. The van der Waals surface area contributed by atoms with Gasteiger partial charge in [-0.1, -0.05) is 0 Å². The summed E-state index contributed by atoms with van der Waals surface area (Å²) in [4.78, 5) is 11.4. The SMILES string of the molecule is COC(CNS(=O)(=O)c1ccc(C)s1)CC(=O)O. The van der Waals surface area contributed by atoms with Gasteiger partial charge < -0.3 is 9.84 Å². The van der Waals surface area contributed by atoms with Crippen LogP contribution in [-0.4, -0.2) is 39.3 Å². The summed E-state index contributed by atoms with van der Waals surface area (Å²) < 4.78 is 31.1. The third kappa shape index (κ3) is 4.37. The van der Waals surface area contributed by atoms with Gasteiger partial charge in [-0.25, -0.2) is 13.1 Å². The van der Waals surface area contributed by atoms with Gasteiger partial charge in [-0.2, -0.15) is 0 Å². The molecule has 0 saturated carbocycles. The second kappa shape index (κ2) is 6.28. The molecule has 0 radical (unpaired) electrons. The van der Waals surface area contributed by atoms with Crippen molar-refractivity contribution >= 4 is 27.3 Å². The predicted molar refractivity (Wildman–Crippen MR) is 67.3 cm³/mol. The Morgan fingerprint density at radius 1 is 1.56 bits per heavy atom. The highest BCUT2D eigenvalue weighted by Crippen LogP contribution is 2.20. The molecule has 1 unspecified atom stereocenters. The highest BCUT2D eigenvalue weighted by molar-refractivity contribution is 7.91. The number of carboxylic acids is 1. The van der Waals surface area contributed by atoms with Crippen molar-refractivity contribution in [1.29, 1.82) is 0 Å². The van der Waals surface area contributed by atoms with Crippen molar-refractivity contribution in [3.05, 3.63) is 17.0 Å². The molecule has 0 aliphatic rings. The van der Waals surface area contributed by atoms with Crippen LogP contribution < -0.4 is 4.72 Å². The van der Waals surface area contributed by atoms with E-state index in [1.165, 1.54) is 13.2 Å². The molecule has 1 aromatic rings. The quantitative estimate of drug-likeness (QED) is 0.776. The largest absolute Gasteiger partial charge is 0.481 e. The van der Waals surface area contributed by atoms with Gasteiger partial charge >= 0.3 is 5.97 Å². The molecule has 0 amide bonds. The first kappa shape index (κ1) is 15.1. The predicted octanol–water partition coefficient (Wildman–Crippen LogP) is 0.825. The highest BCUT2D eigenvalue weighted by atomic mass is 32.2. The van der Waals surface area contributed by atoms with E-state index in [9.17, 15) is 13.2 Å². The van der Waals surface area contributed by atoms with E-state index in [-0.39, 0.29) is 17.2 Å². The lowest BCUT2D eigenvalue weighted by Crippen LogP contribution is -2.34. The smallest absolute Gasteiger partial charge is 0.306 e. The van der Waals surface area contributed by atoms with Gasteiger partial charge in [-0.05, 0) is 19.1 Å². The van der Waals surface area contributed by atoms with Crippen LogP contribution in [-0.2, 0) is 19.6 Å². The Hall–Kier alpha value is -0.960. The number of sulfonamides is 1. The first-order valence-electron chi connectivity index (χ1n) is 5.16. The van der Waals surface area contributed by atoms with Crippen LogP contribution in [0.4, 0.5) is 0 Å². The molecule has 102 valence electrons. The van der Waals surface area contributed by atoms with Crippen molar-refractivity contribution in [3.63, 3.8) is 0 Å². The zero-order valence-electron chi connectivity index (χ0n) is 10.0. The average Bonchev–Trinajstić information content (AvgIpc) is 2.71. The van der Waals surface area contributed by atoms with E-state index < -0.39 is 22.1 Å². The van der Waals surface area contributed by atoms with E-state index in [0.717, 1.165) is 16.2 Å². The van der Waals surface area contributed by atoms with Crippen molar-refractivity contribution in [3.8, 4) is 0 Å². The Morgan fingerprint density at radius 2 is 2.22 bits per heavy atom. The molecule has 0 aliphatic carbocycles. The van der Waals surface area contributed by atoms with Gasteiger partial charge in [0, 0.05) is 18.5 Å². The molecule has 1 heterocycles. The van der Waals surface area contributed by atoms with Crippen LogP contribution in [0.5, 0.6) is 0 Å². The number of carbonyl (C=O) groups is 1. The zero-order valence-corrected chi connectivity index (χ0v) is 11.7. The minimum absolute atomic E-state index is 0.0674. The molecule has 1 atom stereocenters. The van der Waals surface area contributed by atoms with E-state index in [0.29, 0.717) is 0 Å². The van der Waals surface area contributed by atoms with Gasteiger partial charge in [0.25, 0.3) is 0 Å². The number of carboxylic acid groups (broad SMARTS) is 1. The molecule has 0 aliphatic heterocycles. The number of aliphatic carboxylic acids is 1. The summed E-state index contributed by atoms with van der Waals surface area (Å²) in [5, 5.41) is 8.61. The summed E-state index contributed by atoms with van der Waals surface area (Å²) in [5.74, 6) is -1.03. The molecule has 18 heavy (non-hydrogen) atoms. The summed E-state index contributed by atoms with van der Waals surface area (Å²) in [7, 11) is -2.24. The molecule has 0 fully saturated rings. The van der Waals surface area contributed by atoms with Crippen molar-refractivity contribution < 1.29 is 23.1 Å². The van der Waals surface area contributed by atoms with E-state index in [4.69, 9.17) is 9.84 Å². The number of hydrogen-bond donors (Lipinski definition) is 2. The average molecular weight is 293 g/mol. The standard InChI is InChI=1S/C10H15NO5S2/c1-7-3-4-10(17-7)18(14,15)11-6-8(16-2)5-9(12)13/h3-4,8,11H,5-6H2,1-2H3,(H,12,13). The van der Waals surface area contributed by atoms with Crippen LogP contribution in [0.1, 0.15) is 11.3 Å². The number of rotatable bonds is 7. The fraction of sp³-hybridized carbons (Fsp3) is 0.500. The molecule has 2 N–H and O–H groups in total. The number of hydrogen-bond acceptors (Lipinski definition) is 5. The maximum Gasteiger partial charge on any atom is 0.306 e. The third-order valence-electron chi connectivity index (χ3n) is 2.22. The van der Waals surface area contributed by atoms with Crippen molar-refractivity contribution in [2.45, 2.75) is 23.7 Å². The van der Waals surface area contributed by atoms with Crippen LogP contribution in [0.2, 0.25) is 0 Å². The summed E-state index contributed by atoms with van der Waals surface area (Å²) >= 11 is 1.16. The van der Waals surface area contributed by atoms with E-state index >= 15 is 0 Å². The summed E-state index contributed by atoms with van der Waals surface area (Å²) in [6, 6.07) is 3.23. The normalized spacial score (nSPS) is 13.4. The van der Waals surface area contributed by atoms with Gasteiger partial charge in [-0.15, -0.1) is 11.3 Å². The lowest BCUT2D eigenvalue weighted by molar-refractivity contribution is -0.139. The molecular weight excluding hydrogens is 278 g/mol. The maximum atomic E-state index is 11.8. The molecular formula is C10H15NO5S2. The lowest BCUT2D eigenvalue weighted by atomic mass is 10.2. The molecule has 1 rings (SSSR count). The third-order valence-corrected chi connectivity index (χ3v) is 5.13.